The van der Waals surface area contributed by atoms with Gasteiger partial charge in [0, 0.05) is 19.0 Å². The van der Waals surface area contributed by atoms with E-state index in [1.165, 1.54) is 19.3 Å². The molecule has 0 N–H and O–H groups in total. The molecule has 0 spiro atoms. The summed E-state index contributed by atoms with van der Waals surface area (Å²) in [4.78, 5) is 13.7. The second kappa shape index (κ2) is 3.46. The number of piperidine rings is 1. The highest BCUT2D eigenvalue weighted by atomic mass is 16.2. The van der Waals surface area contributed by atoms with Gasteiger partial charge in [-0.1, -0.05) is 0 Å². The molecule has 1 aliphatic carbocycles. The molecule has 1 saturated carbocycles. The van der Waals surface area contributed by atoms with E-state index in [1.807, 2.05) is 0 Å². The minimum absolute atomic E-state index is 0.350. The van der Waals surface area contributed by atoms with Crippen LogP contribution in [-0.4, -0.2) is 23.9 Å². The smallest absolute Gasteiger partial charge is 0.225 e. The lowest BCUT2D eigenvalue weighted by Gasteiger charge is -2.33. The molecule has 2 rings (SSSR count). The van der Waals surface area contributed by atoms with Crippen molar-refractivity contribution in [2.45, 2.75) is 32.1 Å². The van der Waals surface area contributed by atoms with Crippen molar-refractivity contribution in [3.05, 3.63) is 6.42 Å². The van der Waals surface area contributed by atoms with Gasteiger partial charge in [-0.05, 0) is 38.5 Å². The maximum absolute atomic E-state index is 11.7. The molecule has 2 nitrogen and oxygen atoms in total. The van der Waals surface area contributed by atoms with Gasteiger partial charge in [-0.15, -0.1) is 0 Å². The van der Waals surface area contributed by atoms with Crippen molar-refractivity contribution in [2.24, 2.45) is 5.92 Å². The number of carbonyl (C=O) groups excluding carboxylic acids is 1. The zero-order chi connectivity index (χ0) is 8.39. The molecular weight excluding hydrogens is 150 g/mol. The second-order valence-electron chi connectivity index (χ2n) is 3.84. The summed E-state index contributed by atoms with van der Waals surface area (Å²) >= 11 is 0. The Labute approximate surface area is 73.9 Å². The molecule has 2 fully saturated rings. The van der Waals surface area contributed by atoms with Crippen molar-refractivity contribution < 1.29 is 4.79 Å². The van der Waals surface area contributed by atoms with Crippen LogP contribution >= 0.6 is 0 Å². The molecule has 1 aliphatic heterocycles. The summed E-state index contributed by atoms with van der Waals surface area (Å²) in [6.45, 7) is 2.02. The highest BCUT2D eigenvalue weighted by Crippen LogP contribution is 2.28. The average molecular weight is 166 g/mol. The Morgan fingerprint density at radius 3 is 2.33 bits per heavy atom. The molecule has 0 aromatic rings. The van der Waals surface area contributed by atoms with Crippen LogP contribution in [0.5, 0.6) is 0 Å². The summed E-state index contributed by atoms with van der Waals surface area (Å²) < 4.78 is 0. The first-order chi connectivity index (χ1) is 5.88. The molecule has 0 aromatic carbocycles. The summed E-state index contributed by atoms with van der Waals surface area (Å²) in [5.41, 5.74) is 0. The Bertz CT molecular complexity index is 169. The molecule has 12 heavy (non-hydrogen) atoms. The monoisotopic (exact) mass is 166 g/mol. The first kappa shape index (κ1) is 8.09. The Morgan fingerprint density at radius 2 is 1.83 bits per heavy atom. The molecule has 1 amide bonds. The quantitative estimate of drug-likeness (QED) is 0.579. The average Bonchev–Trinajstić information content (AvgIpc) is 2.03. The first-order valence-electron chi connectivity index (χ1n) is 4.98. The van der Waals surface area contributed by atoms with E-state index in [0.29, 0.717) is 11.8 Å². The third-order valence-electron chi connectivity index (χ3n) is 2.92. The molecule has 0 bridgehead atoms. The van der Waals surface area contributed by atoms with E-state index in [2.05, 4.69) is 11.3 Å². The van der Waals surface area contributed by atoms with Crippen molar-refractivity contribution in [2.75, 3.05) is 13.1 Å². The van der Waals surface area contributed by atoms with Gasteiger partial charge in [0.15, 0.2) is 0 Å². The van der Waals surface area contributed by atoms with E-state index < -0.39 is 0 Å². The van der Waals surface area contributed by atoms with Gasteiger partial charge in [0.05, 0.1) is 0 Å². The SMILES string of the molecule is O=C(C1C[CH]C1)N1CCCCC1. The van der Waals surface area contributed by atoms with Gasteiger partial charge in [0.2, 0.25) is 5.91 Å². The molecular formula is C10H16NO. The summed E-state index contributed by atoms with van der Waals surface area (Å²) in [5, 5.41) is 0. The Balaban J connectivity index is 1.84. The summed E-state index contributed by atoms with van der Waals surface area (Å²) in [6.07, 6.45) is 7.97. The first-order valence-corrected chi connectivity index (χ1v) is 4.98. The van der Waals surface area contributed by atoms with Gasteiger partial charge in [-0.3, -0.25) is 4.79 Å². The van der Waals surface area contributed by atoms with Crippen LogP contribution in [0, 0.1) is 12.3 Å². The number of rotatable bonds is 1. The van der Waals surface area contributed by atoms with E-state index in [9.17, 15) is 4.79 Å². The maximum atomic E-state index is 11.7. The van der Waals surface area contributed by atoms with Crippen molar-refractivity contribution >= 4 is 5.91 Å². The molecule has 0 unspecified atom stereocenters. The highest BCUT2D eigenvalue weighted by Gasteiger charge is 2.29. The normalized spacial score (nSPS) is 25.2. The van der Waals surface area contributed by atoms with Crippen LogP contribution in [-0.2, 0) is 4.79 Å². The Morgan fingerprint density at radius 1 is 1.17 bits per heavy atom. The Kier molecular flexibility index (Phi) is 2.33. The number of amides is 1. The Hall–Kier alpha value is -0.530. The van der Waals surface area contributed by atoms with Crippen LogP contribution in [0.4, 0.5) is 0 Å². The summed E-state index contributed by atoms with van der Waals surface area (Å²) in [5.74, 6) is 0.764. The van der Waals surface area contributed by atoms with Gasteiger partial charge in [0.25, 0.3) is 0 Å². The largest absolute Gasteiger partial charge is 0.342 e. The fraction of sp³-hybridized carbons (Fsp3) is 0.800. The van der Waals surface area contributed by atoms with Gasteiger partial charge in [-0.25, -0.2) is 0 Å². The zero-order valence-corrected chi connectivity index (χ0v) is 7.46. The second-order valence-corrected chi connectivity index (χ2v) is 3.84. The van der Waals surface area contributed by atoms with Crippen LogP contribution in [0.1, 0.15) is 32.1 Å². The molecule has 1 radical (unpaired) electrons. The van der Waals surface area contributed by atoms with Gasteiger partial charge >= 0.3 is 0 Å². The lowest BCUT2D eigenvalue weighted by Crippen LogP contribution is -2.41. The van der Waals surface area contributed by atoms with Crippen molar-refractivity contribution in [3.63, 3.8) is 0 Å². The standard InChI is InChI=1S/C10H16NO/c12-10(9-5-4-6-9)11-7-2-1-3-8-11/h4,9H,1-3,5-8H2. The van der Waals surface area contributed by atoms with Gasteiger partial charge < -0.3 is 4.90 Å². The number of nitrogens with zero attached hydrogens (tertiary/aromatic N) is 1. The lowest BCUT2D eigenvalue weighted by atomic mass is 9.84. The number of carbonyl (C=O) groups is 1. The summed E-state index contributed by atoms with van der Waals surface area (Å²) in [6, 6.07) is 0. The molecule has 0 aromatic heterocycles. The van der Waals surface area contributed by atoms with Crippen molar-refractivity contribution in [3.8, 4) is 0 Å². The molecule has 1 saturated heterocycles. The van der Waals surface area contributed by atoms with Gasteiger partial charge in [0.1, 0.15) is 0 Å². The van der Waals surface area contributed by atoms with E-state index in [-0.39, 0.29) is 0 Å². The van der Waals surface area contributed by atoms with Crippen LogP contribution in [0.3, 0.4) is 0 Å². The minimum Gasteiger partial charge on any atom is -0.342 e. The van der Waals surface area contributed by atoms with E-state index >= 15 is 0 Å². The predicted molar refractivity (Wildman–Crippen MR) is 47.5 cm³/mol. The maximum Gasteiger partial charge on any atom is 0.225 e. The minimum atomic E-state index is 0.350. The van der Waals surface area contributed by atoms with Gasteiger partial charge in [-0.2, -0.15) is 0 Å². The molecule has 67 valence electrons. The van der Waals surface area contributed by atoms with Crippen LogP contribution < -0.4 is 0 Å². The number of hydrogen-bond donors (Lipinski definition) is 0. The third-order valence-corrected chi connectivity index (χ3v) is 2.92. The number of likely N-dealkylation sites (tertiary alicyclic amines) is 1. The molecule has 1 heterocycles. The van der Waals surface area contributed by atoms with E-state index in [0.717, 1.165) is 25.9 Å². The van der Waals surface area contributed by atoms with Crippen LogP contribution in [0.25, 0.3) is 0 Å². The van der Waals surface area contributed by atoms with Crippen LogP contribution in [0.15, 0.2) is 0 Å². The van der Waals surface area contributed by atoms with Crippen molar-refractivity contribution in [1.82, 2.24) is 4.90 Å². The topological polar surface area (TPSA) is 20.3 Å². The van der Waals surface area contributed by atoms with E-state index in [4.69, 9.17) is 0 Å². The van der Waals surface area contributed by atoms with Crippen molar-refractivity contribution in [1.29, 1.82) is 0 Å². The lowest BCUT2D eigenvalue weighted by molar-refractivity contribution is -0.137. The fourth-order valence-electron chi connectivity index (χ4n) is 1.91. The molecule has 2 heteroatoms. The zero-order valence-electron chi connectivity index (χ0n) is 7.46. The van der Waals surface area contributed by atoms with Crippen LogP contribution in [0.2, 0.25) is 0 Å². The van der Waals surface area contributed by atoms with E-state index in [1.54, 1.807) is 0 Å². The molecule has 2 aliphatic rings. The predicted octanol–water partition coefficient (Wildman–Crippen LogP) is 1.61. The summed E-state index contributed by atoms with van der Waals surface area (Å²) in [7, 11) is 0. The molecule has 0 atom stereocenters. The highest BCUT2D eigenvalue weighted by molar-refractivity contribution is 5.80. The third kappa shape index (κ3) is 1.47. The fourth-order valence-corrected chi connectivity index (χ4v) is 1.91. The number of hydrogen-bond acceptors (Lipinski definition) is 1.